The van der Waals surface area contributed by atoms with Crippen LogP contribution in [0.25, 0.3) is 0 Å². The number of oxime groups is 1. The highest BCUT2D eigenvalue weighted by Gasteiger charge is 2.14. The largest absolute Gasteiger partial charge is 0.473 e. The van der Waals surface area contributed by atoms with E-state index in [1.165, 1.54) is 6.92 Å². The molecule has 0 unspecified atom stereocenters. The van der Waals surface area contributed by atoms with Gasteiger partial charge in [-0.2, -0.15) is 0 Å². The third-order valence-corrected chi connectivity index (χ3v) is 1.02. The van der Waals surface area contributed by atoms with Crippen molar-refractivity contribution < 1.29 is 19.5 Å². The molecule has 0 bridgehead atoms. The fourth-order valence-electron chi connectivity index (χ4n) is 0.604. The lowest BCUT2D eigenvalue weighted by atomic mass is 10.2. The minimum atomic E-state index is -0.605. The Labute approximate surface area is 70.0 Å². The molecule has 0 heterocycles. The first-order chi connectivity index (χ1) is 5.61. The normalized spacial score (nSPS) is 11.0. The Morgan fingerprint density at radius 1 is 1.50 bits per heavy atom. The first-order valence-electron chi connectivity index (χ1n) is 3.49. The molecule has 5 heteroatoms. The predicted molar refractivity (Wildman–Crippen MR) is 41.2 cm³/mol. The van der Waals surface area contributed by atoms with Crippen molar-refractivity contribution in [1.29, 1.82) is 0 Å². The summed E-state index contributed by atoms with van der Waals surface area (Å²) in [6, 6.07) is 0. The summed E-state index contributed by atoms with van der Waals surface area (Å²) in [6.45, 7) is 3.15. The van der Waals surface area contributed by atoms with Gasteiger partial charge in [0.05, 0.1) is 13.0 Å². The number of ketones is 2. The van der Waals surface area contributed by atoms with Gasteiger partial charge in [-0.3, -0.25) is 9.59 Å². The molecule has 0 radical (unpaired) electrons. The summed E-state index contributed by atoms with van der Waals surface area (Å²) in [6.07, 6.45) is -0.292. The number of hydrogen-bond acceptors (Lipinski definition) is 5. The Balaban J connectivity index is 4.14. The Morgan fingerprint density at radius 3 is 2.42 bits per heavy atom. The van der Waals surface area contributed by atoms with E-state index in [9.17, 15) is 9.59 Å². The molecular formula is C7H11NO4. The summed E-state index contributed by atoms with van der Waals surface area (Å²) >= 11 is 0. The van der Waals surface area contributed by atoms with Crippen molar-refractivity contribution in [3.63, 3.8) is 0 Å². The van der Waals surface area contributed by atoms with Crippen LogP contribution in [0.5, 0.6) is 0 Å². The minimum Gasteiger partial charge on any atom is -0.473 e. The molecule has 0 aromatic carbocycles. The Morgan fingerprint density at radius 2 is 2.08 bits per heavy atom. The molecule has 0 saturated heterocycles. The van der Waals surface area contributed by atoms with Crippen LogP contribution in [0.3, 0.4) is 0 Å². The Hall–Kier alpha value is -1.39. The highest BCUT2D eigenvalue weighted by atomic mass is 16.5. The van der Waals surface area contributed by atoms with Crippen LogP contribution in [-0.4, -0.2) is 29.3 Å². The highest BCUT2D eigenvalue weighted by Crippen LogP contribution is 1.91. The van der Waals surface area contributed by atoms with Crippen LogP contribution in [0.15, 0.2) is 5.16 Å². The summed E-state index contributed by atoms with van der Waals surface area (Å²) in [7, 11) is 0. The van der Waals surface area contributed by atoms with E-state index in [-0.39, 0.29) is 18.8 Å². The standard InChI is InChI=1S/C7H11NO4/c1-3-12-7(8-11)6(10)4-5(2)9/h11H,3-4H2,1-2H3. The van der Waals surface area contributed by atoms with Crippen LogP contribution < -0.4 is 0 Å². The topological polar surface area (TPSA) is 76.0 Å². The van der Waals surface area contributed by atoms with Gasteiger partial charge in [-0.25, -0.2) is 0 Å². The fourth-order valence-corrected chi connectivity index (χ4v) is 0.604. The van der Waals surface area contributed by atoms with Crippen molar-refractivity contribution in [2.45, 2.75) is 20.3 Å². The van der Waals surface area contributed by atoms with Gasteiger partial charge in [0.1, 0.15) is 5.78 Å². The number of ether oxygens (including phenoxy) is 1. The van der Waals surface area contributed by atoms with Crippen molar-refractivity contribution in [2.75, 3.05) is 6.61 Å². The number of Topliss-reactive ketones (excluding diaryl/α,β-unsaturated/α-hetero) is 2. The molecule has 0 atom stereocenters. The quantitative estimate of drug-likeness (QED) is 0.219. The second-order valence-electron chi connectivity index (χ2n) is 2.14. The zero-order valence-electron chi connectivity index (χ0n) is 7.03. The lowest BCUT2D eigenvalue weighted by molar-refractivity contribution is -0.123. The summed E-state index contributed by atoms with van der Waals surface area (Å²) in [5, 5.41) is 10.9. The van der Waals surface area contributed by atoms with Crippen molar-refractivity contribution >= 4 is 17.5 Å². The van der Waals surface area contributed by atoms with E-state index in [4.69, 9.17) is 5.21 Å². The van der Waals surface area contributed by atoms with Gasteiger partial charge in [0.15, 0.2) is 0 Å². The molecular weight excluding hydrogens is 162 g/mol. The molecule has 0 amide bonds. The van der Waals surface area contributed by atoms with Gasteiger partial charge in [0.25, 0.3) is 5.90 Å². The smallest absolute Gasteiger partial charge is 0.294 e. The molecule has 0 aromatic heterocycles. The Kier molecular flexibility index (Phi) is 4.67. The molecule has 68 valence electrons. The van der Waals surface area contributed by atoms with Crippen LogP contribution >= 0.6 is 0 Å². The van der Waals surface area contributed by atoms with E-state index in [2.05, 4.69) is 9.89 Å². The van der Waals surface area contributed by atoms with Gasteiger partial charge < -0.3 is 9.94 Å². The van der Waals surface area contributed by atoms with Gasteiger partial charge >= 0.3 is 0 Å². The summed E-state index contributed by atoms with van der Waals surface area (Å²) in [4.78, 5) is 21.4. The van der Waals surface area contributed by atoms with Gasteiger partial charge in [0, 0.05) is 0 Å². The molecule has 0 fully saturated rings. The lowest BCUT2D eigenvalue weighted by Crippen LogP contribution is -2.20. The van der Waals surface area contributed by atoms with Crippen LogP contribution in [-0.2, 0) is 14.3 Å². The molecule has 0 saturated carbocycles. The number of carbonyl (C=O) groups excluding carboxylic acids is 2. The molecule has 0 aliphatic rings. The third-order valence-electron chi connectivity index (χ3n) is 1.02. The minimum absolute atomic E-state index is 0.225. The third kappa shape index (κ3) is 3.70. The number of nitrogens with zero attached hydrogens (tertiary/aromatic N) is 1. The average Bonchev–Trinajstić information content (AvgIpc) is 1.98. The molecule has 0 rings (SSSR count). The maximum atomic E-state index is 10.9. The summed E-state index contributed by atoms with van der Waals surface area (Å²) in [5.41, 5.74) is 0. The lowest BCUT2D eigenvalue weighted by Gasteiger charge is -2.01. The predicted octanol–water partition coefficient (Wildman–Crippen LogP) is 0.359. The number of hydrogen-bond donors (Lipinski definition) is 1. The second-order valence-corrected chi connectivity index (χ2v) is 2.14. The first-order valence-corrected chi connectivity index (χ1v) is 3.49. The van der Waals surface area contributed by atoms with E-state index >= 15 is 0 Å². The zero-order valence-corrected chi connectivity index (χ0v) is 7.03. The molecule has 5 nitrogen and oxygen atoms in total. The van der Waals surface area contributed by atoms with E-state index in [1.54, 1.807) is 6.92 Å². The van der Waals surface area contributed by atoms with Gasteiger partial charge in [-0.15, -0.1) is 0 Å². The van der Waals surface area contributed by atoms with Crippen molar-refractivity contribution in [2.24, 2.45) is 5.16 Å². The Bertz CT molecular complexity index is 209. The summed E-state index contributed by atoms with van der Waals surface area (Å²) < 4.78 is 4.65. The monoisotopic (exact) mass is 173 g/mol. The number of carbonyl (C=O) groups is 2. The van der Waals surface area contributed by atoms with Gasteiger partial charge in [-0.1, -0.05) is 0 Å². The van der Waals surface area contributed by atoms with E-state index in [0.717, 1.165) is 0 Å². The van der Waals surface area contributed by atoms with Gasteiger partial charge in [-0.05, 0) is 19.0 Å². The van der Waals surface area contributed by atoms with Crippen molar-refractivity contribution in [1.82, 2.24) is 0 Å². The van der Waals surface area contributed by atoms with Crippen LogP contribution in [0, 0.1) is 0 Å². The van der Waals surface area contributed by atoms with Crippen molar-refractivity contribution in [3.8, 4) is 0 Å². The first kappa shape index (κ1) is 10.6. The molecule has 1 N–H and O–H groups in total. The maximum Gasteiger partial charge on any atom is 0.294 e. The SMILES string of the molecule is CCOC(=NO)C(=O)CC(C)=O. The highest BCUT2D eigenvalue weighted by molar-refractivity contribution is 6.39. The molecule has 0 spiro atoms. The van der Waals surface area contributed by atoms with Crippen molar-refractivity contribution in [3.05, 3.63) is 0 Å². The second kappa shape index (κ2) is 5.29. The fraction of sp³-hybridized carbons (Fsp3) is 0.571. The van der Waals surface area contributed by atoms with Crippen LogP contribution in [0.1, 0.15) is 20.3 Å². The maximum absolute atomic E-state index is 10.9. The van der Waals surface area contributed by atoms with E-state index < -0.39 is 11.7 Å². The van der Waals surface area contributed by atoms with Crippen LogP contribution in [0.2, 0.25) is 0 Å². The molecule has 12 heavy (non-hydrogen) atoms. The van der Waals surface area contributed by atoms with Crippen LogP contribution in [0.4, 0.5) is 0 Å². The zero-order chi connectivity index (χ0) is 9.56. The summed E-state index contributed by atoms with van der Waals surface area (Å²) in [5.74, 6) is -1.31. The van der Waals surface area contributed by atoms with E-state index in [1.807, 2.05) is 0 Å². The number of rotatable bonds is 4. The van der Waals surface area contributed by atoms with E-state index in [0.29, 0.717) is 0 Å². The van der Waals surface area contributed by atoms with Gasteiger partial charge in [0.2, 0.25) is 5.78 Å². The average molecular weight is 173 g/mol. The molecule has 0 aliphatic heterocycles. The molecule has 0 aliphatic carbocycles. The molecule has 0 aromatic rings.